The van der Waals surface area contributed by atoms with E-state index < -0.39 is 0 Å². The lowest BCUT2D eigenvalue weighted by atomic mass is 9.74. The summed E-state index contributed by atoms with van der Waals surface area (Å²) in [6.45, 7) is 2.36. The van der Waals surface area contributed by atoms with E-state index >= 15 is 0 Å². The van der Waals surface area contributed by atoms with Gasteiger partial charge in [-0.1, -0.05) is 121 Å². The highest BCUT2D eigenvalue weighted by atomic mass is 32.1. The van der Waals surface area contributed by atoms with Gasteiger partial charge in [0.25, 0.3) is 0 Å². The zero-order valence-corrected chi connectivity index (χ0v) is 29.9. The number of nitrogens with zero attached hydrogens (tertiary/aromatic N) is 1. The SMILES string of the molecule is CC1(c2ccc3c(c2)oc2ccc(N(c4ccc(-c5ccccc5)cc4)c4ccc5sc6ccccc6c5c4)cc23)c2ccccc2-c2ccccc21. The van der Waals surface area contributed by atoms with Crippen LogP contribution in [0.1, 0.15) is 23.6 Å². The Morgan fingerprint density at radius 1 is 0.434 bits per heavy atom. The molecule has 2 nitrogen and oxygen atoms in total. The van der Waals surface area contributed by atoms with Gasteiger partial charge in [0.05, 0.1) is 0 Å². The molecule has 0 spiro atoms. The highest BCUT2D eigenvalue weighted by Crippen LogP contribution is 2.53. The summed E-state index contributed by atoms with van der Waals surface area (Å²) < 4.78 is 9.26. The summed E-state index contributed by atoms with van der Waals surface area (Å²) in [6, 6.07) is 66.2. The van der Waals surface area contributed by atoms with Gasteiger partial charge in [-0.3, -0.25) is 0 Å². The van der Waals surface area contributed by atoms with Gasteiger partial charge in [-0.2, -0.15) is 0 Å². The highest BCUT2D eigenvalue weighted by Gasteiger charge is 2.40. The Bertz CT molecular complexity index is 2980. The van der Waals surface area contributed by atoms with Crippen molar-refractivity contribution in [2.75, 3.05) is 4.90 Å². The Labute approximate surface area is 311 Å². The van der Waals surface area contributed by atoms with Crippen molar-refractivity contribution in [3.8, 4) is 22.3 Å². The molecule has 10 aromatic rings. The van der Waals surface area contributed by atoms with E-state index in [2.05, 4.69) is 194 Å². The number of anilines is 3. The molecule has 8 aromatic carbocycles. The molecule has 3 heteroatoms. The molecule has 2 heterocycles. The molecular formula is C50H33NOS. The van der Waals surface area contributed by atoms with Crippen molar-refractivity contribution in [3.63, 3.8) is 0 Å². The quantitative estimate of drug-likeness (QED) is 0.178. The number of hydrogen-bond donors (Lipinski definition) is 0. The Morgan fingerprint density at radius 2 is 1.04 bits per heavy atom. The molecule has 0 saturated carbocycles. The van der Waals surface area contributed by atoms with Crippen molar-refractivity contribution in [2.24, 2.45) is 0 Å². The van der Waals surface area contributed by atoms with Crippen LogP contribution in [0.15, 0.2) is 186 Å². The number of thiophene rings is 1. The maximum absolute atomic E-state index is 6.66. The molecule has 0 fully saturated rings. The summed E-state index contributed by atoms with van der Waals surface area (Å²) in [4.78, 5) is 2.38. The van der Waals surface area contributed by atoms with Crippen molar-refractivity contribution < 1.29 is 4.42 Å². The summed E-state index contributed by atoms with van der Waals surface area (Å²) in [6.07, 6.45) is 0. The van der Waals surface area contributed by atoms with Crippen LogP contribution in [0.5, 0.6) is 0 Å². The molecule has 0 radical (unpaired) electrons. The standard InChI is InChI=1S/C50H33NOS/c1-50(44-16-8-5-13-38(44)39-14-6-9-17-45(39)50)34-21-26-40-42-30-36(24-27-46(42)52-47(40)29-34)51(35-22-19-33(20-23-35)32-11-3-2-4-12-32)37-25-28-49-43(31-37)41-15-7-10-18-48(41)53-49/h2-31H,1H3. The third-order valence-corrected chi connectivity index (χ3v) is 12.5. The predicted molar refractivity (Wildman–Crippen MR) is 224 cm³/mol. The minimum Gasteiger partial charge on any atom is -0.456 e. The fraction of sp³-hybridized carbons (Fsp3) is 0.0400. The zero-order chi connectivity index (χ0) is 35.1. The normalized spacial score (nSPS) is 13.2. The monoisotopic (exact) mass is 695 g/mol. The summed E-state index contributed by atoms with van der Waals surface area (Å²) in [5.74, 6) is 0. The number of hydrogen-bond acceptors (Lipinski definition) is 3. The fourth-order valence-corrected chi connectivity index (χ4v) is 9.80. The number of furan rings is 1. The summed E-state index contributed by atoms with van der Waals surface area (Å²) in [5, 5.41) is 4.80. The predicted octanol–water partition coefficient (Wildman–Crippen LogP) is 14.4. The summed E-state index contributed by atoms with van der Waals surface area (Å²) in [5.41, 5.74) is 13.8. The van der Waals surface area contributed by atoms with E-state index in [1.165, 1.54) is 59.1 Å². The van der Waals surface area contributed by atoms with Gasteiger partial charge in [0.15, 0.2) is 0 Å². The van der Waals surface area contributed by atoms with Gasteiger partial charge in [-0.25, -0.2) is 0 Å². The molecule has 53 heavy (non-hydrogen) atoms. The molecule has 1 aliphatic carbocycles. The van der Waals surface area contributed by atoms with E-state index in [1.807, 2.05) is 11.3 Å². The molecule has 250 valence electrons. The van der Waals surface area contributed by atoms with Crippen LogP contribution in [-0.4, -0.2) is 0 Å². The molecule has 0 aliphatic heterocycles. The molecule has 0 atom stereocenters. The molecule has 0 bridgehead atoms. The van der Waals surface area contributed by atoms with Crippen LogP contribution in [0.4, 0.5) is 17.1 Å². The van der Waals surface area contributed by atoms with E-state index in [1.54, 1.807) is 0 Å². The minimum absolute atomic E-state index is 0.279. The second-order valence-corrected chi connectivity index (χ2v) is 15.3. The lowest BCUT2D eigenvalue weighted by Gasteiger charge is -2.28. The molecule has 2 aromatic heterocycles. The second-order valence-electron chi connectivity index (χ2n) is 14.2. The van der Waals surface area contributed by atoms with E-state index in [-0.39, 0.29) is 5.41 Å². The Kier molecular flexibility index (Phi) is 6.58. The largest absolute Gasteiger partial charge is 0.456 e. The van der Waals surface area contributed by atoms with E-state index in [0.717, 1.165) is 39.0 Å². The van der Waals surface area contributed by atoms with Gasteiger partial charge in [-0.05, 0) is 107 Å². The third kappa shape index (κ3) is 4.57. The Balaban J connectivity index is 1.06. The van der Waals surface area contributed by atoms with Gasteiger partial charge in [0.2, 0.25) is 0 Å². The average molecular weight is 696 g/mol. The third-order valence-electron chi connectivity index (χ3n) is 11.4. The van der Waals surface area contributed by atoms with Crippen LogP contribution >= 0.6 is 11.3 Å². The lowest BCUT2D eigenvalue weighted by Crippen LogP contribution is -2.22. The summed E-state index contributed by atoms with van der Waals surface area (Å²) >= 11 is 1.85. The van der Waals surface area contributed by atoms with Crippen LogP contribution in [0.3, 0.4) is 0 Å². The average Bonchev–Trinajstić information content (AvgIpc) is 3.86. The van der Waals surface area contributed by atoms with Crippen molar-refractivity contribution in [1.82, 2.24) is 0 Å². The van der Waals surface area contributed by atoms with Gasteiger partial charge in [0.1, 0.15) is 11.2 Å². The zero-order valence-electron chi connectivity index (χ0n) is 29.1. The summed E-state index contributed by atoms with van der Waals surface area (Å²) in [7, 11) is 0. The number of rotatable bonds is 5. The van der Waals surface area contributed by atoms with Crippen molar-refractivity contribution >= 4 is 70.5 Å². The second kappa shape index (κ2) is 11.5. The van der Waals surface area contributed by atoms with E-state index in [9.17, 15) is 0 Å². The van der Waals surface area contributed by atoms with Crippen molar-refractivity contribution in [3.05, 3.63) is 199 Å². The van der Waals surface area contributed by atoms with Crippen LogP contribution in [0.25, 0.3) is 64.4 Å². The van der Waals surface area contributed by atoms with Crippen LogP contribution in [0.2, 0.25) is 0 Å². The minimum atomic E-state index is -0.279. The lowest BCUT2D eigenvalue weighted by molar-refractivity contribution is 0.662. The van der Waals surface area contributed by atoms with Crippen LogP contribution in [-0.2, 0) is 5.41 Å². The molecule has 1 aliphatic rings. The number of fused-ring (bicyclic) bond motifs is 9. The first-order chi connectivity index (χ1) is 26.1. The van der Waals surface area contributed by atoms with Crippen molar-refractivity contribution in [1.29, 1.82) is 0 Å². The molecular weight excluding hydrogens is 663 g/mol. The first kappa shape index (κ1) is 30.2. The van der Waals surface area contributed by atoms with Gasteiger partial charge in [-0.15, -0.1) is 11.3 Å². The van der Waals surface area contributed by atoms with Gasteiger partial charge < -0.3 is 9.32 Å². The van der Waals surface area contributed by atoms with Crippen LogP contribution in [0, 0.1) is 0 Å². The molecule has 0 unspecified atom stereocenters. The van der Waals surface area contributed by atoms with Crippen LogP contribution < -0.4 is 4.90 Å². The first-order valence-electron chi connectivity index (χ1n) is 18.2. The van der Waals surface area contributed by atoms with E-state index in [4.69, 9.17) is 4.42 Å². The van der Waals surface area contributed by atoms with Gasteiger partial charge in [0, 0.05) is 53.4 Å². The van der Waals surface area contributed by atoms with E-state index in [0.29, 0.717) is 0 Å². The highest BCUT2D eigenvalue weighted by molar-refractivity contribution is 7.25. The molecule has 0 amide bonds. The molecule has 0 saturated heterocycles. The molecule has 11 rings (SSSR count). The number of benzene rings is 8. The maximum Gasteiger partial charge on any atom is 0.135 e. The Morgan fingerprint density at radius 3 is 1.81 bits per heavy atom. The Hall–Kier alpha value is -6.42. The van der Waals surface area contributed by atoms with Gasteiger partial charge >= 0.3 is 0 Å². The fourth-order valence-electron chi connectivity index (χ4n) is 8.71. The smallest absolute Gasteiger partial charge is 0.135 e. The van der Waals surface area contributed by atoms with Crippen molar-refractivity contribution in [2.45, 2.75) is 12.3 Å². The topological polar surface area (TPSA) is 16.4 Å². The maximum atomic E-state index is 6.66. The molecule has 0 N–H and O–H groups in total. The first-order valence-corrected chi connectivity index (χ1v) is 19.0.